The van der Waals surface area contributed by atoms with Crippen molar-refractivity contribution in [2.45, 2.75) is 6.92 Å². The quantitative estimate of drug-likeness (QED) is 0.758. The van der Waals surface area contributed by atoms with Crippen molar-refractivity contribution in [2.75, 3.05) is 17.7 Å². The lowest BCUT2D eigenvalue weighted by molar-refractivity contribution is 1.11. The van der Waals surface area contributed by atoms with Gasteiger partial charge in [0, 0.05) is 12.6 Å². The van der Waals surface area contributed by atoms with Crippen LogP contribution in [0.1, 0.15) is 11.1 Å². The lowest BCUT2D eigenvalue weighted by Gasteiger charge is -2.22. The Morgan fingerprint density at radius 3 is 2.86 bits per heavy atom. The van der Waals surface area contributed by atoms with Crippen LogP contribution in [0.5, 0.6) is 0 Å². The number of nitriles is 1. The number of pyridine rings is 1. The number of nitrogen functional groups attached to an aromatic ring is 1. The number of halogens is 1. The number of fused-ring (bicyclic) bond motifs is 1. The number of nitrogens with two attached hydrogens (primary N) is 1. The molecule has 0 unspecified atom stereocenters. The summed E-state index contributed by atoms with van der Waals surface area (Å²) in [7, 11) is 1.85. The molecule has 0 saturated carbocycles. The molecule has 22 heavy (non-hydrogen) atoms. The Hall–Kier alpha value is -2.78. The molecule has 0 spiro atoms. The highest BCUT2D eigenvalue weighted by molar-refractivity contribution is 6.33. The van der Waals surface area contributed by atoms with Gasteiger partial charge in [-0.1, -0.05) is 11.6 Å². The van der Waals surface area contributed by atoms with Gasteiger partial charge in [-0.15, -0.1) is 0 Å². The fraction of sp³-hybridized carbons (Fsp3) is 0.133. The Labute approximate surface area is 132 Å². The number of hydrogen-bond acceptors (Lipinski definition) is 5. The van der Waals surface area contributed by atoms with Gasteiger partial charge in [0.1, 0.15) is 11.3 Å². The van der Waals surface area contributed by atoms with Crippen molar-refractivity contribution in [1.82, 2.24) is 15.0 Å². The molecule has 3 aromatic rings. The van der Waals surface area contributed by atoms with Gasteiger partial charge < -0.3 is 15.6 Å². The van der Waals surface area contributed by atoms with Crippen LogP contribution in [0, 0.1) is 18.3 Å². The molecule has 3 N–H and O–H groups in total. The van der Waals surface area contributed by atoms with Gasteiger partial charge in [0.25, 0.3) is 0 Å². The Balaban J connectivity index is 2.15. The number of aromatic amines is 1. The summed E-state index contributed by atoms with van der Waals surface area (Å²) in [6, 6.07) is 7.18. The predicted molar refractivity (Wildman–Crippen MR) is 87.3 cm³/mol. The summed E-state index contributed by atoms with van der Waals surface area (Å²) in [5.41, 5.74) is 9.63. The molecule has 0 aliphatic rings. The van der Waals surface area contributed by atoms with Gasteiger partial charge in [-0.2, -0.15) is 5.26 Å². The van der Waals surface area contributed by atoms with Gasteiger partial charge in [0.15, 0.2) is 5.82 Å². The van der Waals surface area contributed by atoms with Crippen LogP contribution in [-0.2, 0) is 0 Å². The van der Waals surface area contributed by atoms with Crippen molar-refractivity contribution in [2.24, 2.45) is 0 Å². The second-order valence-corrected chi connectivity index (χ2v) is 5.32. The number of aromatic nitrogens is 3. The van der Waals surface area contributed by atoms with Crippen molar-refractivity contribution in [3.63, 3.8) is 0 Å². The number of anilines is 3. The van der Waals surface area contributed by atoms with E-state index >= 15 is 0 Å². The molecule has 2 heterocycles. The third-order valence-electron chi connectivity index (χ3n) is 3.57. The van der Waals surface area contributed by atoms with Crippen LogP contribution in [0.3, 0.4) is 0 Å². The highest BCUT2D eigenvalue weighted by Gasteiger charge is 2.17. The molecule has 0 atom stereocenters. The Kier molecular flexibility index (Phi) is 3.35. The van der Waals surface area contributed by atoms with Gasteiger partial charge in [0.2, 0.25) is 0 Å². The van der Waals surface area contributed by atoms with E-state index in [1.54, 1.807) is 24.5 Å². The maximum Gasteiger partial charge on any atom is 0.151 e. The maximum atomic E-state index is 8.92. The molecule has 1 aromatic carbocycles. The topological polar surface area (TPSA) is 94.6 Å². The summed E-state index contributed by atoms with van der Waals surface area (Å²) >= 11 is 6.27. The van der Waals surface area contributed by atoms with Crippen molar-refractivity contribution in [3.8, 4) is 6.07 Å². The summed E-state index contributed by atoms with van der Waals surface area (Å²) in [5, 5.41) is 9.40. The van der Waals surface area contributed by atoms with Gasteiger partial charge in [-0.05, 0) is 25.1 Å². The number of nitrogens with one attached hydrogen (secondary N) is 1. The second-order valence-electron chi connectivity index (χ2n) is 4.91. The van der Waals surface area contributed by atoms with Crippen molar-refractivity contribution >= 4 is 40.0 Å². The number of rotatable bonds is 2. The third kappa shape index (κ3) is 2.12. The number of hydrogen-bond donors (Lipinski definition) is 2. The van der Waals surface area contributed by atoms with Crippen LogP contribution in [0.2, 0.25) is 5.02 Å². The number of H-pyrrole nitrogens is 1. The van der Waals surface area contributed by atoms with E-state index in [2.05, 4.69) is 21.0 Å². The molecular formula is C15H13ClN6. The van der Waals surface area contributed by atoms with Crippen LogP contribution in [-0.4, -0.2) is 22.0 Å². The normalized spacial score (nSPS) is 10.6. The zero-order chi connectivity index (χ0) is 15.9. The van der Waals surface area contributed by atoms with E-state index in [4.69, 9.17) is 22.6 Å². The lowest BCUT2D eigenvalue weighted by Crippen LogP contribution is -2.14. The van der Waals surface area contributed by atoms with E-state index in [1.807, 2.05) is 18.9 Å². The zero-order valence-corrected chi connectivity index (χ0v) is 12.8. The fourth-order valence-corrected chi connectivity index (χ4v) is 2.73. The lowest BCUT2D eigenvalue weighted by atomic mass is 10.2. The molecule has 0 fully saturated rings. The summed E-state index contributed by atoms with van der Waals surface area (Å²) in [6.07, 6.45) is 1.59. The minimum Gasteiger partial charge on any atom is -0.382 e. The summed E-state index contributed by atoms with van der Waals surface area (Å²) in [5.74, 6) is 1.05. The fourth-order valence-electron chi connectivity index (χ4n) is 2.42. The van der Waals surface area contributed by atoms with E-state index in [0.717, 1.165) is 22.3 Å². The molecule has 0 radical (unpaired) electrons. The molecular weight excluding hydrogens is 300 g/mol. The molecule has 0 aliphatic carbocycles. The first kappa shape index (κ1) is 14.2. The molecule has 0 aliphatic heterocycles. The smallest absolute Gasteiger partial charge is 0.151 e. The molecule has 6 nitrogen and oxygen atoms in total. The highest BCUT2D eigenvalue weighted by Crippen LogP contribution is 2.34. The van der Waals surface area contributed by atoms with E-state index < -0.39 is 0 Å². The van der Waals surface area contributed by atoms with E-state index in [-0.39, 0.29) is 0 Å². The minimum atomic E-state index is 0.379. The molecule has 110 valence electrons. The maximum absolute atomic E-state index is 8.92. The van der Waals surface area contributed by atoms with Gasteiger partial charge in [0.05, 0.1) is 34.2 Å². The number of nitrogens with zero attached hydrogens (tertiary/aromatic N) is 4. The number of benzene rings is 1. The Bertz CT molecular complexity index is 908. The third-order valence-corrected chi connectivity index (χ3v) is 3.87. The average molecular weight is 313 g/mol. The minimum absolute atomic E-state index is 0.379. The van der Waals surface area contributed by atoms with Crippen LogP contribution >= 0.6 is 11.6 Å². The largest absolute Gasteiger partial charge is 0.382 e. The zero-order valence-electron chi connectivity index (χ0n) is 12.1. The summed E-state index contributed by atoms with van der Waals surface area (Å²) < 4.78 is 0. The second kappa shape index (κ2) is 5.20. The predicted octanol–water partition coefficient (Wildman–Crippen LogP) is 3.14. The Morgan fingerprint density at radius 1 is 1.41 bits per heavy atom. The summed E-state index contributed by atoms with van der Waals surface area (Å²) in [4.78, 5) is 13.5. The van der Waals surface area contributed by atoms with Crippen LogP contribution in [0.4, 0.5) is 17.3 Å². The van der Waals surface area contributed by atoms with Crippen LogP contribution in [0.25, 0.3) is 11.0 Å². The molecule has 7 heteroatoms. The van der Waals surface area contributed by atoms with Crippen LogP contribution < -0.4 is 10.6 Å². The number of imidazole rings is 1. The highest BCUT2D eigenvalue weighted by atomic mass is 35.5. The van der Waals surface area contributed by atoms with Gasteiger partial charge in [-0.3, -0.25) is 0 Å². The SMILES string of the molecule is Cc1c(N(C)c2ccc(C#N)cc2Cl)nc(N)c2[nH]cnc12. The molecule has 3 rings (SSSR count). The van der Waals surface area contributed by atoms with E-state index in [0.29, 0.717) is 22.2 Å². The van der Waals surface area contributed by atoms with Crippen molar-refractivity contribution in [1.29, 1.82) is 5.26 Å². The van der Waals surface area contributed by atoms with Gasteiger partial charge >= 0.3 is 0 Å². The van der Waals surface area contributed by atoms with E-state index in [1.165, 1.54) is 0 Å². The summed E-state index contributed by atoms with van der Waals surface area (Å²) in [6.45, 7) is 1.93. The first-order valence-electron chi connectivity index (χ1n) is 6.55. The standard InChI is InChI=1S/C15H13ClN6/c1-8-12-13(20-7-19-12)14(18)21-15(8)22(2)11-4-3-9(6-17)5-10(11)16/h3-5,7H,1-2H3,(H2,18,21)(H,19,20). The first-order chi connectivity index (χ1) is 10.5. The molecule has 0 amide bonds. The van der Waals surface area contributed by atoms with Gasteiger partial charge in [-0.25, -0.2) is 9.97 Å². The van der Waals surface area contributed by atoms with Crippen molar-refractivity contribution in [3.05, 3.63) is 40.7 Å². The van der Waals surface area contributed by atoms with E-state index in [9.17, 15) is 0 Å². The molecule has 2 aromatic heterocycles. The van der Waals surface area contributed by atoms with Crippen LogP contribution in [0.15, 0.2) is 24.5 Å². The first-order valence-corrected chi connectivity index (χ1v) is 6.93. The molecule has 0 bridgehead atoms. The molecule has 0 saturated heterocycles. The Morgan fingerprint density at radius 2 is 2.18 bits per heavy atom. The monoisotopic (exact) mass is 312 g/mol. The number of aryl methyl sites for hydroxylation is 1. The van der Waals surface area contributed by atoms with Crippen molar-refractivity contribution < 1.29 is 0 Å². The average Bonchev–Trinajstić information content (AvgIpc) is 3.00.